The zero-order chi connectivity index (χ0) is 19.0. The summed E-state index contributed by atoms with van der Waals surface area (Å²) in [6.45, 7) is 2.04. The summed E-state index contributed by atoms with van der Waals surface area (Å²) in [6.07, 6.45) is 2.84. The molecule has 1 heterocycles. The Morgan fingerprint density at radius 3 is 2.63 bits per heavy atom. The summed E-state index contributed by atoms with van der Waals surface area (Å²) in [5.74, 6) is 0.703. The molecule has 2 aromatic rings. The largest absolute Gasteiger partial charge is 0.294 e. The van der Waals surface area contributed by atoms with Crippen molar-refractivity contribution in [1.82, 2.24) is 0 Å². The quantitative estimate of drug-likeness (QED) is 0.435. The Kier molecular flexibility index (Phi) is 5.49. The lowest BCUT2D eigenvalue weighted by atomic mass is 9.91. The van der Waals surface area contributed by atoms with Gasteiger partial charge in [-0.15, -0.1) is 11.8 Å². The third-order valence-corrected chi connectivity index (χ3v) is 7.60. The second-order valence-electron chi connectivity index (χ2n) is 6.82. The summed E-state index contributed by atoms with van der Waals surface area (Å²) in [7, 11) is 0. The molecule has 2 aromatic carbocycles. The van der Waals surface area contributed by atoms with Crippen LogP contribution in [0.2, 0.25) is 5.02 Å². The molecule has 138 valence electrons. The number of hydrogen-bond acceptors (Lipinski definition) is 4. The highest BCUT2D eigenvalue weighted by atomic mass is 35.5. The number of ketones is 2. The minimum absolute atomic E-state index is 0.0631. The van der Waals surface area contributed by atoms with Gasteiger partial charge in [-0.25, -0.2) is 0 Å². The zero-order valence-corrected chi connectivity index (χ0v) is 17.4. The minimum Gasteiger partial charge on any atom is -0.294 e. The van der Waals surface area contributed by atoms with Crippen molar-refractivity contribution in [2.75, 3.05) is 5.75 Å². The van der Waals surface area contributed by atoms with Gasteiger partial charge in [0.1, 0.15) is 0 Å². The van der Waals surface area contributed by atoms with E-state index >= 15 is 0 Å². The molecular formula is C22H19ClO2S2. The van der Waals surface area contributed by atoms with Gasteiger partial charge < -0.3 is 0 Å². The number of fused-ring (bicyclic) bond motifs is 1. The van der Waals surface area contributed by atoms with Gasteiger partial charge >= 0.3 is 0 Å². The number of aryl methyl sites for hydroxylation is 1. The maximum atomic E-state index is 13.3. The van der Waals surface area contributed by atoms with E-state index in [9.17, 15) is 9.59 Å². The van der Waals surface area contributed by atoms with Crippen LogP contribution in [0.3, 0.4) is 0 Å². The van der Waals surface area contributed by atoms with Crippen molar-refractivity contribution in [2.24, 2.45) is 0 Å². The molecular weight excluding hydrogens is 396 g/mol. The van der Waals surface area contributed by atoms with Crippen molar-refractivity contribution in [3.63, 3.8) is 0 Å². The van der Waals surface area contributed by atoms with E-state index in [2.05, 4.69) is 0 Å². The lowest BCUT2D eigenvalue weighted by molar-refractivity contribution is -0.115. The fourth-order valence-electron chi connectivity index (χ4n) is 3.46. The topological polar surface area (TPSA) is 34.1 Å². The van der Waals surface area contributed by atoms with Crippen LogP contribution in [-0.4, -0.2) is 17.3 Å². The number of thioether (sulfide) groups is 2. The van der Waals surface area contributed by atoms with Crippen molar-refractivity contribution in [3.05, 3.63) is 68.6 Å². The monoisotopic (exact) mass is 414 g/mol. The average Bonchev–Trinajstić information content (AvgIpc) is 3.13. The van der Waals surface area contributed by atoms with Crippen LogP contribution >= 0.6 is 35.1 Å². The molecule has 0 amide bonds. The number of Topliss-reactive ketones (excluding diaryl/α,β-unsaturated/α-hetero) is 2. The number of benzene rings is 2. The van der Waals surface area contributed by atoms with Gasteiger partial charge in [0, 0.05) is 32.4 Å². The van der Waals surface area contributed by atoms with E-state index in [-0.39, 0.29) is 11.6 Å². The van der Waals surface area contributed by atoms with Crippen molar-refractivity contribution in [2.45, 2.75) is 42.4 Å². The van der Waals surface area contributed by atoms with Crippen LogP contribution < -0.4 is 0 Å². The van der Waals surface area contributed by atoms with Crippen molar-refractivity contribution >= 4 is 46.7 Å². The zero-order valence-electron chi connectivity index (χ0n) is 15.0. The minimum atomic E-state index is -0.223. The maximum Gasteiger partial charge on any atom is 0.198 e. The van der Waals surface area contributed by atoms with Crippen LogP contribution in [0.25, 0.3) is 0 Å². The first-order valence-corrected chi connectivity index (χ1v) is 11.2. The number of carbonyl (C=O) groups is 2. The first-order chi connectivity index (χ1) is 13.0. The Morgan fingerprint density at radius 2 is 1.85 bits per heavy atom. The molecule has 0 saturated carbocycles. The lowest BCUT2D eigenvalue weighted by Gasteiger charge is -2.19. The van der Waals surface area contributed by atoms with Crippen molar-refractivity contribution < 1.29 is 9.59 Å². The van der Waals surface area contributed by atoms with Gasteiger partial charge in [0.2, 0.25) is 0 Å². The van der Waals surface area contributed by atoms with E-state index < -0.39 is 0 Å². The molecule has 4 rings (SSSR count). The number of halogens is 1. The number of allylic oxidation sites excluding steroid dienone is 2. The maximum absolute atomic E-state index is 13.3. The van der Waals surface area contributed by atoms with Crippen LogP contribution in [0, 0.1) is 6.92 Å². The molecule has 0 fully saturated rings. The van der Waals surface area contributed by atoms with E-state index in [1.807, 2.05) is 37.3 Å². The van der Waals surface area contributed by atoms with E-state index in [4.69, 9.17) is 11.6 Å². The Morgan fingerprint density at radius 1 is 1.07 bits per heavy atom. The summed E-state index contributed by atoms with van der Waals surface area (Å²) < 4.78 is 0. The van der Waals surface area contributed by atoms with E-state index in [0.717, 1.165) is 45.3 Å². The molecule has 0 spiro atoms. The molecule has 0 atom stereocenters. The molecule has 1 aliphatic heterocycles. The molecule has 2 nitrogen and oxygen atoms in total. The van der Waals surface area contributed by atoms with Gasteiger partial charge in [0.05, 0.1) is 10.6 Å². The molecule has 2 aliphatic rings. The predicted octanol–water partition coefficient (Wildman–Crippen LogP) is 6.28. The second kappa shape index (κ2) is 7.86. The highest BCUT2D eigenvalue weighted by Crippen LogP contribution is 2.41. The molecule has 0 N–H and O–H groups in total. The smallest absolute Gasteiger partial charge is 0.198 e. The first-order valence-electron chi connectivity index (χ1n) is 9.04. The standard InChI is InChI=1S/C22H19ClO2S2/c1-13-5-7-14(8-6-13)27-19-4-2-3-17(24)20(19)22(25)16-9-10-18-15(21(16)23)11-12-26-18/h5-10H,2-4,11-12H2,1H3. The van der Waals surface area contributed by atoms with E-state index in [1.165, 1.54) is 17.3 Å². The summed E-state index contributed by atoms with van der Waals surface area (Å²) >= 11 is 9.86. The number of carbonyl (C=O) groups excluding carboxylic acids is 2. The Bertz CT molecular complexity index is 961. The predicted molar refractivity (Wildman–Crippen MR) is 113 cm³/mol. The Labute approximate surface area is 172 Å². The third kappa shape index (κ3) is 3.75. The van der Waals surface area contributed by atoms with Crippen LogP contribution in [0.15, 0.2) is 56.7 Å². The van der Waals surface area contributed by atoms with Crippen molar-refractivity contribution in [3.8, 4) is 0 Å². The van der Waals surface area contributed by atoms with Crippen LogP contribution in [0.5, 0.6) is 0 Å². The van der Waals surface area contributed by atoms with Crippen LogP contribution in [0.1, 0.15) is 40.7 Å². The average molecular weight is 415 g/mol. The number of hydrogen-bond donors (Lipinski definition) is 0. The Balaban J connectivity index is 1.73. The summed E-state index contributed by atoms with van der Waals surface area (Å²) in [5.41, 5.74) is 3.03. The second-order valence-corrected chi connectivity index (χ2v) is 9.50. The third-order valence-electron chi connectivity index (χ3n) is 4.91. The lowest BCUT2D eigenvalue weighted by Crippen LogP contribution is -2.19. The summed E-state index contributed by atoms with van der Waals surface area (Å²) in [6, 6.07) is 11.9. The molecule has 1 aliphatic carbocycles. The van der Waals surface area contributed by atoms with Gasteiger partial charge in [0.15, 0.2) is 11.6 Å². The first kappa shape index (κ1) is 18.9. The fourth-order valence-corrected chi connectivity index (χ4v) is 6.05. The molecule has 0 saturated heterocycles. The van der Waals surface area contributed by atoms with Crippen LogP contribution in [0.4, 0.5) is 0 Å². The van der Waals surface area contributed by atoms with Crippen LogP contribution in [-0.2, 0) is 11.2 Å². The Hall–Kier alpha value is -1.49. The summed E-state index contributed by atoms with van der Waals surface area (Å²) in [5, 5.41) is 0.521. The number of rotatable bonds is 4. The van der Waals surface area contributed by atoms with E-state index in [0.29, 0.717) is 22.6 Å². The van der Waals surface area contributed by atoms with Gasteiger partial charge in [-0.1, -0.05) is 41.1 Å². The van der Waals surface area contributed by atoms with Crippen molar-refractivity contribution in [1.29, 1.82) is 0 Å². The molecule has 0 bridgehead atoms. The molecule has 5 heteroatoms. The van der Waals surface area contributed by atoms with Gasteiger partial charge in [0.25, 0.3) is 0 Å². The van der Waals surface area contributed by atoms with Gasteiger partial charge in [-0.05, 0) is 56.0 Å². The van der Waals surface area contributed by atoms with E-state index in [1.54, 1.807) is 17.8 Å². The summed E-state index contributed by atoms with van der Waals surface area (Å²) in [4.78, 5) is 29.0. The SMILES string of the molecule is Cc1ccc(SC2=C(C(=O)c3ccc4c(c3Cl)CCS4)C(=O)CCC2)cc1. The normalized spacial score (nSPS) is 16.6. The highest BCUT2D eigenvalue weighted by molar-refractivity contribution is 8.03. The van der Waals surface area contributed by atoms with Gasteiger partial charge in [-0.3, -0.25) is 9.59 Å². The molecule has 0 aromatic heterocycles. The highest BCUT2D eigenvalue weighted by Gasteiger charge is 2.30. The molecule has 0 radical (unpaired) electrons. The molecule has 27 heavy (non-hydrogen) atoms. The van der Waals surface area contributed by atoms with Gasteiger partial charge in [-0.2, -0.15) is 0 Å². The molecule has 0 unspecified atom stereocenters. The fraction of sp³-hybridized carbons (Fsp3) is 0.273.